The molecule has 0 spiro atoms. The maximum Gasteiger partial charge on any atom is 0.244 e. The molecule has 0 saturated heterocycles. The van der Waals surface area contributed by atoms with Gasteiger partial charge >= 0.3 is 0 Å². The Labute approximate surface area is 114 Å². The maximum atomic E-state index is 11.5. The van der Waals surface area contributed by atoms with Gasteiger partial charge in [-0.2, -0.15) is 0 Å². The molecule has 1 aromatic rings. The lowest BCUT2D eigenvalue weighted by Crippen LogP contribution is -2.39. The van der Waals surface area contributed by atoms with E-state index in [1.54, 1.807) is 24.3 Å². The average Bonchev–Trinajstić information content (AvgIpc) is 2.70. The summed E-state index contributed by atoms with van der Waals surface area (Å²) in [7, 11) is 0. The summed E-state index contributed by atoms with van der Waals surface area (Å²) in [5.41, 5.74) is -0.838. The lowest BCUT2D eigenvalue weighted by Gasteiger charge is -2.20. The highest BCUT2D eigenvalue weighted by molar-refractivity contribution is 9.11. The average molecular weight is 318 g/mol. The molecular weight excluding hydrogens is 302 g/mol. The van der Waals surface area contributed by atoms with Gasteiger partial charge < -0.3 is 10.4 Å². The van der Waals surface area contributed by atoms with E-state index in [1.165, 1.54) is 6.08 Å². The molecule has 0 radical (unpaired) electrons. The van der Waals surface area contributed by atoms with Gasteiger partial charge in [-0.3, -0.25) is 4.79 Å². The first kappa shape index (κ1) is 14.4. The first-order valence-electron chi connectivity index (χ1n) is 5.36. The fourth-order valence-electron chi connectivity index (χ4n) is 1.04. The summed E-state index contributed by atoms with van der Waals surface area (Å²) in [6.45, 7) is 3.85. The zero-order valence-electron chi connectivity index (χ0n) is 9.87. The molecular formula is C12H16BrNO2S. The fraction of sp³-hybridized carbons (Fsp3) is 0.417. The molecule has 1 unspecified atom stereocenters. The van der Waals surface area contributed by atoms with E-state index in [1.807, 2.05) is 19.1 Å². The maximum absolute atomic E-state index is 11.5. The Kier molecular flexibility index (Phi) is 5.36. The molecule has 94 valence electrons. The third-order valence-corrected chi connectivity index (χ3v) is 3.99. The number of hydrogen-bond acceptors (Lipinski definition) is 3. The predicted molar refractivity (Wildman–Crippen MR) is 75.0 cm³/mol. The molecule has 5 heteroatoms. The van der Waals surface area contributed by atoms with Crippen LogP contribution in [0.25, 0.3) is 6.08 Å². The zero-order chi connectivity index (χ0) is 12.9. The van der Waals surface area contributed by atoms with E-state index in [-0.39, 0.29) is 12.5 Å². The number of carbonyl (C=O) groups is 1. The van der Waals surface area contributed by atoms with E-state index in [4.69, 9.17) is 0 Å². The van der Waals surface area contributed by atoms with Gasteiger partial charge in [0, 0.05) is 17.5 Å². The van der Waals surface area contributed by atoms with Crippen LogP contribution in [0.5, 0.6) is 0 Å². The summed E-state index contributed by atoms with van der Waals surface area (Å²) < 4.78 is 1.03. The van der Waals surface area contributed by atoms with Crippen LogP contribution in [0, 0.1) is 0 Å². The van der Waals surface area contributed by atoms with E-state index >= 15 is 0 Å². The number of aliphatic hydroxyl groups is 1. The van der Waals surface area contributed by atoms with E-state index in [9.17, 15) is 9.90 Å². The minimum atomic E-state index is -0.838. The highest BCUT2D eigenvalue weighted by Crippen LogP contribution is 2.22. The van der Waals surface area contributed by atoms with Crippen LogP contribution in [0.1, 0.15) is 25.1 Å². The molecule has 0 aliphatic carbocycles. The summed E-state index contributed by atoms with van der Waals surface area (Å²) in [4.78, 5) is 12.5. The van der Waals surface area contributed by atoms with Crippen LogP contribution in [0.2, 0.25) is 0 Å². The molecule has 1 amide bonds. The second kappa shape index (κ2) is 6.33. The van der Waals surface area contributed by atoms with Gasteiger partial charge in [-0.05, 0) is 47.5 Å². The topological polar surface area (TPSA) is 49.3 Å². The Bertz CT molecular complexity index is 412. The highest BCUT2D eigenvalue weighted by Gasteiger charge is 2.17. The first-order chi connectivity index (χ1) is 7.93. The molecule has 0 saturated carbocycles. The van der Waals surface area contributed by atoms with Gasteiger partial charge in [0.25, 0.3) is 0 Å². The summed E-state index contributed by atoms with van der Waals surface area (Å²) >= 11 is 4.91. The number of halogens is 1. The minimum absolute atomic E-state index is 0.191. The molecule has 0 aromatic carbocycles. The molecule has 0 aliphatic heterocycles. The van der Waals surface area contributed by atoms with Crippen molar-refractivity contribution in [1.29, 1.82) is 0 Å². The van der Waals surface area contributed by atoms with E-state index in [0.29, 0.717) is 6.42 Å². The van der Waals surface area contributed by atoms with E-state index in [0.717, 1.165) is 8.66 Å². The predicted octanol–water partition coefficient (Wildman–Crippen LogP) is 2.80. The van der Waals surface area contributed by atoms with Gasteiger partial charge in [0.05, 0.1) is 9.39 Å². The highest BCUT2D eigenvalue weighted by atomic mass is 79.9. The molecule has 1 atom stereocenters. The Morgan fingerprint density at radius 3 is 2.88 bits per heavy atom. The zero-order valence-corrected chi connectivity index (χ0v) is 12.3. The number of nitrogens with one attached hydrogen (secondary N) is 1. The molecule has 0 aliphatic rings. The van der Waals surface area contributed by atoms with Crippen molar-refractivity contribution in [3.8, 4) is 0 Å². The van der Waals surface area contributed by atoms with E-state index < -0.39 is 5.60 Å². The summed E-state index contributed by atoms with van der Waals surface area (Å²) in [5, 5.41) is 12.4. The van der Waals surface area contributed by atoms with Gasteiger partial charge in [-0.25, -0.2) is 0 Å². The van der Waals surface area contributed by atoms with Crippen molar-refractivity contribution in [1.82, 2.24) is 5.32 Å². The first-order valence-corrected chi connectivity index (χ1v) is 6.97. The normalized spacial score (nSPS) is 14.8. The smallest absolute Gasteiger partial charge is 0.244 e. The van der Waals surface area contributed by atoms with Crippen LogP contribution in [-0.2, 0) is 4.79 Å². The second-order valence-corrected chi connectivity index (χ2v) is 6.54. The molecule has 3 nitrogen and oxygen atoms in total. The fourth-order valence-corrected chi connectivity index (χ4v) is 2.36. The molecule has 1 heterocycles. The third-order valence-electron chi connectivity index (χ3n) is 2.40. The van der Waals surface area contributed by atoms with Crippen LogP contribution in [0.3, 0.4) is 0 Å². The van der Waals surface area contributed by atoms with Crippen molar-refractivity contribution in [2.24, 2.45) is 0 Å². The van der Waals surface area contributed by atoms with Gasteiger partial charge in [0.15, 0.2) is 0 Å². The SMILES string of the molecule is CCC(C)(O)CNC(=O)C=Cc1ccc(Br)s1. The van der Waals surface area contributed by atoms with Crippen molar-refractivity contribution < 1.29 is 9.90 Å². The Hall–Kier alpha value is -0.650. The standard InChI is InChI=1S/C12H16BrNO2S/c1-3-12(2,16)8-14-11(15)7-5-9-4-6-10(13)17-9/h4-7,16H,3,8H2,1-2H3,(H,14,15). The Balaban J connectivity index is 2.42. The lowest BCUT2D eigenvalue weighted by molar-refractivity contribution is -0.117. The van der Waals surface area contributed by atoms with Crippen LogP contribution in [0.4, 0.5) is 0 Å². The van der Waals surface area contributed by atoms with Crippen LogP contribution in [0.15, 0.2) is 22.0 Å². The molecule has 17 heavy (non-hydrogen) atoms. The second-order valence-electron chi connectivity index (χ2n) is 4.04. The van der Waals surface area contributed by atoms with Gasteiger partial charge in [-0.15, -0.1) is 11.3 Å². The Morgan fingerprint density at radius 1 is 1.65 bits per heavy atom. The van der Waals surface area contributed by atoms with E-state index in [2.05, 4.69) is 21.2 Å². The van der Waals surface area contributed by atoms with Gasteiger partial charge in [-0.1, -0.05) is 6.92 Å². The number of amides is 1. The quantitative estimate of drug-likeness (QED) is 0.820. The Morgan fingerprint density at radius 2 is 2.35 bits per heavy atom. The van der Waals surface area contributed by atoms with Gasteiger partial charge in [0.1, 0.15) is 0 Å². The molecule has 0 fully saturated rings. The monoisotopic (exact) mass is 317 g/mol. The van der Waals surface area contributed by atoms with Gasteiger partial charge in [0.2, 0.25) is 5.91 Å². The summed E-state index contributed by atoms with van der Waals surface area (Å²) in [6.07, 6.45) is 3.84. The van der Waals surface area contributed by atoms with Crippen LogP contribution >= 0.6 is 27.3 Å². The largest absolute Gasteiger partial charge is 0.388 e. The number of hydrogen-bond donors (Lipinski definition) is 2. The lowest BCUT2D eigenvalue weighted by atomic mass is 10.0. The number of carbonyl (C=O) groups excluding carboxylic acids is 1. The van der Waals surface area contributed by atoms with Crippen LogP contribution in [-0.4, -0.2) is 23.2 Å². The molecule has 1 aromatic heterocycles. The summed E-state index contributed by atoms with van der Waals surface area (Å²) in [6, 6.07) is 3.87. The minimum Gasteiger partial charge on any atom is -0.388 e. The molecule has 0 bridgehead atoms. The van der Waals surface area contributed by atoms with Crippen molar-refractivity contribution in [2.75, 3.05) is 6.54 Å². The van der Waals surface area contributed by atoms with Crippen LogP contribution < -0.4 is 5.32 Å². The molecule has 1 rings (SSSR count). The van der Waals surface area contributed by atoms with Crippen molar-refractivity contribution in [3.63, 3.8) is 0 Å². The van der Waals surface area contributed by atoms with Crippen molar-refractivity contribution in [2.45, 2.75) is 25.9 Å². The number of rotatable bonds is 5. The summed E-state index contributed by atoms with van der Waals surface area (Å²) in [5.74, 6) is -0.191. The molecule has 2 N–H and O–H groups in total. The van der Waals surface area contributed by atoms with Crippen molar-refractivity contribution >= 4 is 39.2 Å². The number of thiophene rings is 1. The van der Waals surface area contributed by atoms with Crippen molar-refractivity contribution in [3.05, 3.63) is 26.9 Å². The third kappa shape index (κ3) is 5.48.